The number of aryl methyl sites for hydroxylation is 3. The molecule has 2 aromatic heterocycles. The van der Waals surface area contributed by atoms with Crippen molar-refractivity contribution >= 4 is 11.3 Å². The van der Waals surface area contributed by atoms with Gasteiger partial charge in [-0.1, -0.05) is 0 Å². The number of aromatic nitrogens is 3. The molecule has 19 heavy (non-hydrogen) atoms. The fourth-order valence-corrected chi connectivity index (χ4v) is 2.79. The molecule has 4 nitrogen and oxygen atoms in total. The Labute approximate surface area is 118 Å². The molecule has 0 saturated carbocycles. The van der Waals surface area contributed by atoms with E-state index in [0.29, 0.717) is 6.04 Å². The minimum atomic E-state index is 0.517. The second-order valence-electron chi connectivity index (χ2n) is 4.94. The highest BCUT2D eigenvalue weighted by atomic mass is 32.1. The largest absolute Gasteiger partial charge is 0.335 e. The van der Waals surface area contributed by atoms with E-state index in [0.717, 1.165) is 37.4 Å². The molecule has 2 rings (SSSR count). The van der Waals surface area contributed by atoms with Gasteiger partial charge in [-0.25, -0.2) is 9.97 Å². The van der Waals surface area contributed by atoms with Gasteiger partial charge in [-0.3, -0.25) is 0 Å². The molecule has 0 spiro atoms. The SMILES string of the molecule is Cc1csc(CCN[C@H](C)CCn2ccnc2C)n1. The third-order valence-electron chi connectivity index (χ3n) is 3.22. The van der Waals surface area contributed by atoms with Crippen LogP contribution in [0.4, 0.5) is 0 Å². The molecule has 0 amide bonds. The van der Waals surface area contributed by atoms with E-state index in [-0.39, 0.29) is 0 Å². The van der Waals surface area contributed by atoms with Gasteiger partial charge in [0.2, 0.25) is 0 Å². The van der Waals surface area contributed by atoms with Crippen molar-refractivity contribution in [2.75, 3.05) is 6.54 Å². The molecule has 0 unspecified atom stereocenters. The molecular formula is C14H22N4S. The van der Waals surface area contributed by atoms with Gasteiger partial charge in [-0.15, -0.1) is 11.3 Å². The van der Waals surface area contributed by atoms with Crippen LogP contribution in [0.2, 0.25) is 0 Å². The van der Waals surface area contributed by atoms with Gasteiger partial charge < -0.3 is 9.88 Å². The summed E-state index contributed by atoms with van der Waals surface area (Å²) in [4.78, 5) is 8.71. The van der Waals surface area contributed by atoms with Crippen LogP contribution in [0.25, 0.3) is 0 Å². The van der Waals surface area contributed by atoms with Crippen molar-refractivity contribution in [2.45, 2.75) is 46.2 Å². The number of hydrogen-bond acceptors (Lipinski definition) is 4. The van der Waals surface area contributed by atoms with Crippen LogP contribution in [0.3, 0.4) is 0 Å². The Balaban J connectivity index is 1.64. The summed E-state index contributed by atoms with van der Waals surface area (Å²) in [7, 11) is 0. The van der Waals surface area contributed by atoms with E-state index in [4.69, 9.17) is 0 Å². The number of nitrogens with one attached hydrogen (secondary N) is 1. The first-order chi connectivity index (χ1) is 9.15. The van der Waals surface area contributed by atoms with Gasteiger partial charge in [0.1, 0.15) is 5.82 Å². The van der Waals surface area contributed by atoms with Crippen molar-refractivity contribution in [2.24, 2.45) is 0 Å². The van der Waals surface area contributed by atoms with Crippen LogP contribution in [-0.2, 0) is 13.0 Å². The quantitative estimate of drug-likeness (QED) is 0.846. The summed E-state index contributed by atoms with van der Waals surface area (Å²) in [6.07, 6.45) is 6.04. The Morgan fingerprint density at radius 3 is 2.89 bits per heavy atom. The lowest BCUT2D eigenvalue weighted by molar-refractivity contribution is 0.475. The maximum absolute atomic E-state index is 4.47. The summed E-state index contributed by atoms with van der Waals surface area (Å²) >= 11 is 1.75. The standard InChI is InChI=1S/C14H22N4S/c1-11(5-8-18-9-7-16-13(18)3)15-6-4-14-17-12(2)10-19-14/h7,9-11,15H,4-6,8H2,1-3H3/t11-/m1/s1. The maximum Gasteiger partial charge on any atom is 0.105 e. The first-order valence-corrected chi connectivity index (χ1v) is 7.65. The molecule has 0 bridgehead atoms. The molecule has 0 aliphatic carbocycles. The van der Waals surface area contributed by atoms with E-state index in [1.807, 2.05) is 26.2 Å². The van der Waals surface area contributed by atoms with Gasteiger partial charge in [0.15, 0.2) is 0 Å². The molecule has 0 radical (unpaired) electrons. The monoisotopic (exact) mass is 278 g/mol. The van der Waals surface area contributed by atoms with Gasteiger partial charge in [0, 0.05) is 49.0 Å². The zero-order chi connectivity index (χ0) is 13.7. The molecule has 0 aliphatic rings. The molecular weight excluding hydrogens is 256 g/mol. The van der Waals surface area contributed by atoms with Crippen molar-refractivity contribution in [3.8, 4) is 0 Å². The van der Waals surface area contributed by atoms with Crippen molar-refractivity contribution in [1.82, 2.24) is 19.9 Å². The highest BCUT2D eigenvalue weighted by Gasteiger charge is 2.04. The molecule has 2 heterocycles. The van der Waals surface area contributed by atoms with Gasteiger partial charge in [-0.2, -0.15) is 0 Å². The third kappa shape index (κ3) is 4.44. The van der Waals surface area contributed by atoms with Crippen LogP contribution in [-0.4, -0.2) is 27.1 Å². The van der Waals surface area contributed by atoms with Gasteiger partial charge in [0.25, 0.3) is 0 Å². The average molecular weight is 278 g/mol. The fraction of sp³-hybridized carbons (Fsp3) is 0.571. The van der Waals surface area contributed by atoms with Crippen LogP contribution >= 0.6 is 11.3 Å². The summed E-state index contributed by atoms with van der Waals surface area (Å²) in [5, 5.41) is 6.89. The van der Waals surface area contributed by atoms with Gasteiger partial charge in [0.05, 0.1) is 5.01 Å². The Hall–Kier alpha value is -1.20. The van der Waals surface area contributed by atoms with E-state index in [1.54, 1.807) is 11.3 Å². The molecule has 0 saturated heterocycles. The van der Waals surface area contributed by atoms with Crippen LogP contribution < -0.4 is 5.32 Å². The number of nitrogens with zero attached hydrogens (tertiary/aromatic N) is 3. The summed E-state index contributed by atoms with van der Waals surface area (Å²) in [5.74, 6) is 1.09. The molecule has 104 valence electrons. The van der Waals surface area contributed by atoms with Crippen LogP contribution in [0.5, 0.6) is 0 Å². The lowest BCUT2D eigenvalue weighted by atomic mass is 10.2. The minimum absolute atomic E-state index is 0.517. The smallest absolute Gasteiger partial charge is 0.105 e. The predicted octanol–water partition coefficient (Wildman–Crippen LogP) is 2.57. The zero-order valence-electron chi connectivity index (χ0n) is 11.9. The maximum atomic E-state index is 4.47. The Morgan fingerprint density at radius 2 is 2.26 bits per heavy atom. The van der Waals surface area contributed by atoms with E-state index in [2.05, 4.69) is 32.2 Å². The van der Waals surface area contributed by atoms with Crippen molar-refractivity contribution in [3.63, 3.8) is 0 Å². The second kappa shape index (κ2) is 6.82. The van der Waals surface area contributed by atoms with Crippen molar-refractivity contribution < 1.29 is 0 Å². The summed E-state index contributed by atoms with van der Waals surface area (Å²) in [6, 6.07) is 0.517. The van der Waals surface area contributed by atoms with Crippen molar-refractivity contribution in [3.05, 3.63) is 34.3 Å². The van der Waals surface area contributed by atoms with Gasteiger partial charge in [-0.05, 0) is 27.2 Å². The zero-order valence-corrected chi connectivity index (χ0v) is 12.7. The predicted molar refractivity (Wildman–Crippen MR) is 79.6 cm³/mol. The summed E-state index contributed by atoms with van der Waals surface area (Å²) in [6.45, 7) is 8.35. The number of thiazole rings is 1. The minimum Gasteiger partial charge on any atom is -0.335 e. The molecule has 0 aromatic carbocycles. The number of imidazole rings is 1. The van der Waals surface area contributed by atoms with E-state index >= 15 is 0 Å². The number of rotatable bonds is 7. The Morgan fingerprint density at radius 1 is 1.42 bits per heavy atom. The van der Waals surface area contributed by atoms with E-state index in [9.17, 15) is 0 Å². The highest BCUT2D eigenvalue weighted by molar-refractivity contribution is 7.09. The van der Waals surface area contributed by atoms with Crippen LogP contribution in [0, 0.1) is 13.8 Å². The molecule has 1 atom stereocenters. The van der Waals surface area contributed by atoms with Crippen LogP contribution in [0.1, 0.15) is 29.9 Å². The highest BCUT2D eigenvalue weighted by Crippen LogP contribution is 2.08. The van der Waals surface area contributed by atoms with E-state index in [1.165, 1.54) is 5.01 Å². The van der Waals surface area contributed by atoms with Crippen molar-refractivity contribution in [1.29, 1.82) is 0 Å². The van der Waals surface area contributed by atoms with Crippen LogP contribution in [0.15, 0.2) is 17.8 Å². The second-order valence-corrected chi connectivity index (χ2v) is 5.89. The fourth-order valence-electron chi connectivity index (χ4n) is 2.02. The average Bonchev–Trinajstić information content (AvgIpc) is 2.96. The summed E-state index contributed by atoms with van der Waals surface area (Å²) in [5.41, 5.74) is 1.13. The number of hydrogen-bond donors (Lipinski definition) is 1. The topological polar surface area (TPSA) is 42.7 Å². The molecule has 0 fully saturated rings. The Bertz CT molecular complexity index is 503. The lowest BCUT2D eigenvalue weighted by Gasteiger charge is -2.14. The Kier molecular flexibility index (Phi) is 5.10. The van der Waals surface area contributed by atoms with E-state index < -0.39 is 0 Å². The van der Waals surface area contributed by atoms with Gasteiger partial charge >= 0.3 is 0 Å². The normalized spacial score (nSPS) is 12.8. The summed E-state index contributed by atoms with van der Waals surface area (Å²) < 4.78 is 2.20. The lowest BCUT2D eigenvalue weighted by Crippen LogP contribution is -2.29. The first-order valence-electron chi connectivity index (χ1n) is 6.77. The third-order valence-corrected chi connectivity index (χ3v) is 4.25. The molecule has 0 aliphatic heterocycles. The molecule has 5 heteroatoms. The molecule has 1 N–H and O–H groups in total. The molecule has 2 aromatic rings. The first kappa shape index (κ1) is 14.2.